The lowest BCUT2D eigenvalue weighted by Crippen LogP contribution is -2.43. The van der Waals surface area contributed by atoms with E-state index in [2.05, 4.69) is 18.1 Å². The van der Waals surface area contributed by atoms with Crippen molar-refractivity contribution in [2.45, 2.75) is 57.3 Å². The molecule has 140 valence electrons. The van der Waals surface area contributed by atoms with E-state index in [0.717, 1.165) is 49.9 Å². The lowest BCUT2D eigenvalue weighted by Gasteiger charge is -2.35. The molecule has 1 saturated carbocycles. The normalized spacial score (nSPS) is 24.4. The van der Waals surface area contributed by atoms with Crippen LogP contribution in [0.3, 0.4) is 0 Å². The van der Waals surface area contributed by atoms with Gasteiger partial charge in [0.05, 0.1) is 18.9 Å². The molecule has 1 aromatic rings. The van der Waals surface area contributed by atoms with E-state index in [1.54, 1.807) is 0 Å². The van der Waals surface area contributed by atoms with Gasteiger partial charge >= 0.3 is 0 Å². The zero-order chi connectivity index (χ0) is 18.0. The maximum absolute atomic E-state index is 12.7. The van der Waals surface area contributed by atoms with Crippen molar-refractivity contribution in [2.24, 2.45) is 5.16 Å². The standard InChI is InChI=1S/C20H26N2O4/c1-15-6-7-16-4-2-3-5-18(16)22(15)19(23)14-26-21-17-8-10-20(11-9-17)24-12-13-25-20/h2-5,15H,6-14H2,1H3. The predicted octanol–water partition coefficient (Wildman–Crippen LogP) is 3.04. The third-order valence-corrected chi connectivity index (χ3v) is 5.58. The number of benzene rings is 1. The Morgan fingerprint density at radius 2 is 1.96 bits per heavy atom. The largest absolute Gasteiger partial charge is 0.386 e. The van der Waals surface area contributed by atoms with Crippen LogP contribution < -0.4 is 4.90 Å². The van der Waals surface area contributed by atoms with Gasteiger partial charge in [-0.25, -0.2) is 0 Å². The summed E-state index contributed by atoms with van der Waals surface area (Å²) in [6.45, 7) is 3.40. The zero-order valence-electron chi connectivity index (χ0n) is 15.3. The molecule has 1 atom stereocenters. The lowest BCUT2D eigenvalue weighted by atomic mass is 9.92. The van der Waals surface area contributed by atoms with Crippen molar-refractivity contribution >= 4 is 17.3 Å². The molecule has 1 unspecified atom stereocenters. The van der Waals surface area contributed by atoms with Crippen molar-refractivity contribution in [3.63, 3.8) is 0 Å². The second-order valence-corrected chi connectivity index (χ2v) is 7.32. The molecule has 6 nitrogen and oxygen atoms in total. The van der Waals surface area contributed by atoms with Crippen molar-refractivity contribution in [1.29, 1.82) is 0 Å². The number of carbonyl (C=O) groups is 1. The fourth-order valence-electron chi connectivity index (χ4n) is 4.11. The third-order valence-electron chi connectivity index (χ3n) is 5.58. The Kier molecular flexibility index (Phi) is 4.96. The van der Waals surface area contributed by atoms with E-state index in [9.17, 15) is 4.79 Å². The van der Waals surface area contributed by atoms with E-state index in [0.29, 0.717) is 13.2 Å². The van der Waals surface area contributed by atoms with Crippen LogP contribution in [0.5, 0.6) is 0 Å². The topological polar surface area (TPSA) is 60.4 Å². The number of rotatable bonds is 3. The fourth-order valence-corrected chi connectivity index (χ4v) is 4.11. The van der Waals surface area contributed by atoms with Crippen LogP contribution in [0.2, 0.25) is 0 Å². The molecule has 1 spiro atoms. The van der Waals surface area contributed by atoms with Crippen LogP contribution >= 0.6 is 0 Å². The molecule has 3 aliphatic rings. The van der Waals surface area contributed by atoms with Crippen molar-refractivity contribution in [2.75, 3.05) is 24.7 Å². The molecule has 26 heavy (non-hydrogen) atoms. The van der Waals surface area contributed by atoms with E-state index >= 15 is 0 Å². The van der Waals surface area contributed by atoms with Crippen molar-refractivity contribution in [3.8, 4) is 0 Å². The molecule has 1 aromatic carbocycles. The molecular weight excluding hydrogens is 332 g/mol. The summed E-state index contributed by atoms with van der Waals surface area (Å²) in [5, 5.41) is 4.21. The third kappa shape index (κ3) is 3.48. The molecule has 2 heterocycles. The number of fused-ring (bicyclic) bond motifs is 1. The van der Waals surface area contributed by atoms with Gasteiger partial charge in [0, 0.05) is 24.6 Å². The van der Waals surface area contributed by atoms with E-state index in [-0.39, 0.29) is 18.6 Å². The Morgan fingerprint density at radius 3 is 2.73 bits per heavy atom. The van der Waals surface area contributed by atoms with Gasteiger partial charge in [0.2, 0.25) is 0 Å². The number of hydrogen-bond donors (Lipinski definition) is 0. The Labute approximate surface area is 154 Å². The Balaban J connectivity index is 1.33. The van der Waals surface area contributed by atoms with Crippen molar-refractivity contribution < 1.29 is 19.1 Å². The highest BCUT2D eigenvalue weighted by Gasteiger charge is 2.39. The molecule has 0 radical (unpaired) electrons. The number of ether oxygens (including phenoxy) is 2. The van der Waals surface area contributed by atoms with Gasteiger partial charge in [0.15, 0.2) is 12.4 Å². The molecule has 1 saturated heterocycles. The predicted molar refractivity (Wildman–Crippen MR) is 98.2 cm³/mol. The van der Waals surface area contributed by atoms with E-state index < -0.39 is 5.79 Å². The first kappa shape index (κ1) is 17.5. The summed E-state index contributed by atoms with van der Waals surface area (Å²) in [5.74, 6) is -0.439. The molecule has 0 N–H and O–H groups in total. The van der Waals surface area contributed by atoms with Gasteiger partial charge < -0.3 is 19.2 Å². The van der Waals surface area contributed by atoms with Crippen LogP contribution in [-0.4, -0.2) is 43.3 Å². The van der Waals surface area contributed by atoms with Crippen LogP contribution in [0.15, 0.2) is 29.4 Å². The van der Waals surface area contributed by atoms with E-state index in [1.807, 2.05) is 23.1 Å². The molecule has 6 heteroatoms. The molecule has 2 aliphatic heterocycles. The van der Waals surface area contributed by atoms with Crippen LogP contribution in [0, 0.1) is 0 Å². The average molecular weight is 358 g/mol. The van der Waals surface area contributed by atoms with Crippen LogP contribution in [0.4, 0.5) is 5.69 Å². The highest BCUT2D eigenvalue weighted by Crippen LogP contribution is 2.34. The minimum atomic E-state index is -0.401. The van der Waals surface area contributed by atoms with Crippen LogP contribution in [0.1, 0.15) is 44.6 Å². The first-order valence-corrected chi connectivity index (χ1v) is 9.52. The summed E-state index contributed by atoms with van der Waals surface area (Å²) in [6.07, 6.45) is 5.17. The summed E-state index contributed by atoms with van der Waals surface area (Å²) >= 11 is 0. The Bertz CT molecular complexity index is 685. The summed E-state index contributed by atoms with van der Waals surface area (Å²) < 4.78 is 11.4. The second-order valence-electron chi connectivity index (χ2n) is 7.32. The number of amides is 1. The van der Waals surface area contributed by atoms with Crippen molar-refractivity contribution in [1.82, 2.24) is 0 Å². The maximum Gasteiger partial charge on any atom is 0.268 e. The number of carbonyl (C=O) groups excluding carboxylic acids is 1. The van der Waals surface area contributed by atoms with Gasteiger partial charge in [0.1, 0.15) is 0 Å². The summed E-state index contributed by atoms with van der Waals surface area (Å²) in [6, 6.07) is 8.28. The molecule has 2 fully saturated rings. The number of nitrogens with zero attached hydrogens (tertiary/aromatic N) is 2. The lowest BCUT2D eigenvalue weighted by molar-refractivity contribution is -0.168. The molecule has 1 amide bonds. The van der Waals surface area contributed by atoms with E-state index in [4.69, 9.17) is 14.3 Å². The van der Waals surface area contributed by atoms with Gasteiger partial charge in [-0.3, -0.25) is 4.79 Å². The Hall–Kier alpha value is -1.92. The zero-order valence-corrected chi connectivity index (χ0v) is 15.3. The van der Waals surface area contributed by atoms with E-state index in [1.165, 1.54) is 5.56 Å². The SMILES string of the molecule is CC1CCc2ccccc2N1C(=O)CON=C1CCC2(CC1)OCCO2. The molecule has 0 bridgehead atoms. The monoisotopic (exact) mass is 358 g/mol. The van der Waals surface area contributed by atoms with Gasteiger partial charge in [-0.05, 0) is 44.2 Å². The molecular formula is C20H26N2O4. The second kappa shape index (κ2) is 7.37. The summed E-state index contributed by atoms with van der Waals surface area (Å²) in [4.78, 5) is 20.0. The number of aryl methyl sites for hydroxylation is 1. The smallest absolute Gasteiger partial charge is 0.268 e. The van der Waals surface area contributed by atoms with Crippen molar-refractivity contribution in [3.05, 3.63) is 29.8 Å². The molecule has 1 aliphatic carbocycles. The maximum atomic E-state index is 12.7. The number of oxime groups is 1. The fraction of sp³-hybridized carbons (Fsp3) is 0.600. The number of anilines is 1. The highest BCUT2D eigenvalue weighted by atomic mass is 16.7. The van der Waals surface area contributed by atoms with Gasteiger partial charge in [0.25, 0.3) is 5.91 Å². The number of hydrogen-bond acceptors (Lipinski definition) is 5. The Morgan fingerprint density at radius 1 is 1.23 bits per heavy atom. The highest BCUT2D eigenvalue weighted by molar-refractivity contribution is 5.96. The van der Waals surface area contributed by atoms with Gasteiger partial charge in [-0.1, -0.05) is 23.4 Å². The first-order valence-electron chi connectivity index (χ1n) is 9.52. The average Bonchev–Trinajstić information content (AvgIpc) is 3.11. The first-order chi connectivity index (χ1) is 12.7. The van der Waals surface area contributed by atoms with Gasteiger partial charge in [-0.2, -0.15) is 0 Å². The number of para-hydroxylation sites is 1. The van der Waals surface area contributed by atoms with Crippen LogP contribution in [0.25, 0.3) is 0 Å². The summed E-state index contributed by atoms with van der Waals surface area (Å²) in [5.41, 5.74) is 3.21. The molecule has 0 aromatic heterocycles. The minimum absolute atomic E-state index is 0.0275. The quantitative estimate of drug-likeness (QED) is 0.779. The summed E-state index contributed by atoms with van der Waals surface area (Å²) in [7, 11) is 0. The minimum Gasteiger partial charge on any atom is -0.386 e. The van der Waals surface area contributed by atoms with Crippen LogP contribution in [-0.2, 0) is 25.5 Å². The molecule has 4 rings (SSSR count). The van der Waals surface area contributed by atoms with Gasteiger partial charge in [-0.15, -0.1) is 0 Å².